The zero-order chi connectivity index (χ0) is 10.2. The largest absolute Gasteiger partial charge is 0.491 e. The van der Waals surface area contributed by atoms with Gasteiger partial charge in [-0.25, -0.2) is 4.39 Å². The van der Waals surface area contributed by atoms with Gasteiger partial charge in [-0.15, -0.1) is 0 Å². The van der Waals surface area contributed by atoms with Crippen LogP contribution in [0.3, 0.4) is 0 Å². The summed E-state index contributed by atoms with van der Waals surface area (Å²) in [4.78, 5) is 0. The predicted molar refractivity (Wildman–Crippen MR) is 56.4 cm³/mol. The molecule has 1 aromatic carbocycles. The third kappa shape index (κ3) is 2.12. The summed E-state index contributed by atoms with van der Waals surface area (Å²) >= 11 is 6.15. The van der Waals surface area contributed by atoms with E-state index in [9.17, 15) is 4.39 Å². The second-order valence-corrected chi connectivity index (χ2v) is 4.28. The van der Waals surface area contributed by atoms with Crippen LogP contribution in [-0.4, -0.2) is 17.2 Å². The third-order valence-electron chi connectivity index (χ3n) is 1.72. The van der Waals surface area contributed by atoms with E-state index in [1.54, 1.807) is 6.92 Å². The number of halogens is 3. The molecular formula is C7H6BBr2FO2. The molecule has 1 aromatic rings. The van der Waals surface area contributed by atoms with Crippen molar-refractivity contribution in [3.8, 4) is 0 Å². The summed E-state index contributed by atoms with van der Waals surface area (Å²) in [5.74, 6) is -0.643. The van der Waals surface area contributed by atoms with Crippen LogP contribution in [0.5, 0.6) is 0 Å². The van der Waals surface area contributed by atoms with Gasteiger partial charge in [0.1, 0.15) is 5.82 Å². The monoisotopic (exact) mass is 310 g/mol. The van der Waals surface area contributed by atoms with E-state index in [0.29, 0.717) is 10.0 Å². The predicted octanol–water partition coefficient (Wildman–Crippen LogP) is 1.34. The highest BCUT2D eigenvalue weighted by Crippen LogP contribution is 2.23. The third-order valence-corrected chi connectivity index (χ3v) is 3.12. The molecule has 0 fully saturated rings. The van der Waals surface area contributed by atoms with Gasteiger partial charge in [-0.05, 0) is 34.5 Å². The second-order valence-electron chi connectivity index (χ2n) is 2.57. The molecule has 2 nitrogen and oxygen atoms in total. The lowest BCUT2D eigenvalue weighted by Gasteiger charge is -2.09. The fourth-order valence-corrected chi connectivity index (χ4v) is 2.20. The normalized spacial score (nSPS) is 10.3. The summed E-state index contributed by atoms with van der Waals surface area (Å²) in [6.07, 6.45) is 0. The number of hydrogen-bond donors (Lipinski definition) is 2. The van der Waals surface area contributed by atoms with Gasteiger partial charge in [0.25, 0.3) is 0 Å². The van der Waals surface area contributed by atoms with Crippen molar-refractivity contribution in [1.29, 1.82) is 0 Å². The van der Waals surface area contributed by atoms with E-state index in [-0.39, 0.29) is 9.94 Å². The van der Waals surface area contributed by atoms with Gasteiger partial charge in [-0.3, -0.25) is 0 Å². The molecule has 13 heavy (non-hydrogen) atoms. The van der Waals surface area contributed by atoms with Crippen molar-refractivity contribution in [1.82, 2.24) is 0 Å². The van der Waals surface area contributed by atoms with Crippen molar-refractivity contribution < 1.29 is 14.4 Å². The SMILES string of the molecule is Cc1c(Br)cc(Br)c(F)c1B(O)O. The van der Waals surface area contributed by atoms with Crippen molar-refractivity contribution in [3.05, 3.63) is 26.4 Å². The lowest BCUT2D eigenvalue weighted by atomic mass is 9.77. The maximum Gasteiger partial charge on any atom is 0.491 e. The van der Waals surface area contributed by atoms with Crippen LogP contribution >= 0.6 is 31.9 Å². The van der Waals surface area contributed by atoms with E-state index in [1.807, 2.05) is 0 Å². The molecule has 0 saturated carbocycles. The van der Waals surface area contributed by atoms with Crippen molar-refractivity contribution in [3.63, 3.8) is 0 Å². The van der Waals surface area contributed by atoms with Crippen LogP contribution in [0.2, 0.25) is 0 Å². The molecule has 70 valence electrons. The Hall–Kier alpha value is 0.0949. The van der Waals surface area contributed by atoms with Gasteiger partial charge in [0.15, 0.2) is 0 Å². The maximum absolute atomic E-state index is 13.3. The Bertz CT molecular complexity index is 318. The first-order chi connectivity index (χ1) is 5.95. The Morgan fingerprint density at radius 1 is 1.31 bits per heavy atom. The van der Waals surface area contributed by atoms with Crippen LogP contribution in [0.1, 0.15) is 5.56 Å². The first kappa shape index (κ1) is 11.2. The van der Waals surface area contributed by atoms with E-state index < -0.39 is 12.9 Å². The van der Waals surface area contributed by atoms with E-state index in [2.05, 4.69) is 31.9 Å². The molecule has 0 aromatic heterocycles. The molecule has 0 unspecified atom stereocenters. The van der Waals surface area contributed by atoms with Crippen molar-refractivity contribution in [2.45, 2.75) is 6.92 Å². The number of hydrogen-bond acceptors (Lipinski definition) is 2. The smallest absolute Gasteiger partial charge is 0.423 e. The Balaban J connectivity index is 3.46. The molecule has 0 aliphatic rings. The van der Waals surface area contributed by atoms with Crippen molar-refractivity contribution in [2.75, 3.05) is 0 Å². The Labute approximate surface area is 92.2 Å². The minimum Gasteiger partial charge on any atom is -0.423 e. The molecule has 6 heteroatoms. The van der Waals surface area contributed by atoms with Gasteiger partial charge in [0.05, 0.1) is 4.47 Å². The van der Waals surface area contributed by atoms with Gasteiger partial charge in [-0.1, -0.05) is 15.9 Å². The molecule has 2 N–H and O–H groups in total. The summed E-state index contributed by atoms with van der Waals surface area (Å²) in [6, 6.07) is 1.52. The highest BCUT2D eigenvalue weighted by Gasteiger charge is 2.22. The van der Waals surface area contributed by atoms with Gasteiger partial charge >= 0.3 is 7.12 Å². The molecule has 0 atom stereocenters. The average Bonchev–Trinajstić information content (AvgIpc) is 2.01. The molecule has 0 radical (unpaired) electrons. The molecular weight excluding hydrogens is 306 g/mol. The summed E-state index contributed by atoms with van der Waals surface area (Å²) in [6.45, 7) is 1.61. The van der Waals surface area contributed by atoms with E-state index in [0.717, 1.165) is 0 Å². The average molecular weight is 312 g/mol. The molecule has 0 saturated heterocycles. The van der Waals surface area contributed by atoms with E-state index >= 15 is 0 Å². The minimum absolute atomic E-state index is 0.110. The molecule has 0 aliphatic heterocycles. The molecule has 0 aliphatic carbocycles. The first-order valence-electron chi connectivity index (χ1n) is 3.45. The second kappa shape index (κ2) is 4.08. The van der Waals surface area contributed by atoms with Gasteiger partial charge in [-0.2, -0.15) is 0 Å². The summed E-state index contributed by atoms with van der Waals surface area (Å²) in [5, 5.41) is 17.8. The van der Waals surface area contributed by atoms with Crippen LogP contribution < -0.4 is 5.46 Å². The summed E-state index contributed by atoms with van der Waals surface area (Å²) in [5.41, 5.74) is 0.372. The standard InChI is InChI=1S/C7H6BBr2FO2/c1-3-4(9)2-5(10)7(11)6(3)8(12)13/h2,12-13H,1H3. The topological polar surface area (TPSA) is 40.5 Å². The molecule has 0 bridgehead atoms. The van der Waals surface area contributed by atoms with E-state index in [4.69, 9.17) is 10.0 Å². The first-order valence-corrected chi connectivity index (χ1v) is 5.04. The Morgan fingerprint density at radius 3 is 2.31 bits per heavy atom. The van der Waals surface area contributed by atoms with Crippen LogP contribution in [-0.2, 0) is 0 Å². The lowest BCUT2D eigenvalue weighted by Crippen LogP contribution is -2.35. The molecule has 0 spiro atoms. The quantitative estimate of drug-likeness (QED) is 0.607. The van der Waals surface area contributed by atoms with Crippen LogP contribution in [0, 0.1) is 12.7 Å². The van der Waals surface area contributed by atoms with E-state index in [1.165, 1.54) is 6.07 Å². The molecule has 0 heterocycles. The summed E-state index contributed by atoms with van der Waals surface area (Å²) < 4.78 is 14.1. The van der Waals surface area contributed by atoms with Crippen LogP contribution in [0.25, 0.3) is 0 Å². The van der Waals surface area contributed by atoms with Crippen molar-refractivity contribution in [2.24, 2.45) is 0 Å². The minimum atomic E-state index is -1.80. The zero-order valence-electron chi connectivity index (χ0n) is 6.68. The fourth-order valence-electron chi connectivity index (χ4n) is 1.01. The van der Waals surface area contributed by atoms with Crippen molar-refractivity contribution >= 4 is 44.4 Å². The summed E-state index contributed by atoms with van der Waals surface area (Å²) in [7, 11) is -1.80. The Morgan fingerprint density at radius 2 is 1.85 bits per heavy atom. The maximum atomic E-state index is 13.3. The highest BCUT2D eigenvalue weighted by atomic mass is 79.9. The number of benzene rings is 1. The Kier molecular flexibility index (Phi) is 3.51. The highest BCUT2D eigenvalue weighted by molar-refractivity contribution is 9.11. The zero-order valence-corrected chi connectivity index (χ0v) is 9.86. The van der Waals surface area contributed by atoms with Gasteiger partial charge < -0.3 is 10.0 Å². The van der Waals surface area contributed by atoms with Gasteiger partial charge in [0.2, 0.25) is 0 Å². The van der Waals surface area contributed by atoms with Crippen LogP contribution in [0.15, 0.2) is 15.0 Å². The fraction of sp³-hybridized carbons (Fsp3) is 0.143. The lowest BCUT2D eigenvalue weighted by molar-refractivity contribution is 0.422. The van der Waals surface area contributed by atoms with Crippen LogP contribution in [0.4, 0.5) is 4.39 Å². The molecule has 1 rings (SSSR count). The number of rotatable bonds is 1. The van der Waals surface area contributed by atoms with Gasteiger partial charge in [0, 0.05) is 9.94 Å². The molecule has 0 amide bonds.